The number of halogens is 1. The fourth-order valence-electron chi connectivity index (χ4n) is 2.10. The van der Waals surface area contributed by atoms with Crippen LogP contribution < -0.4 is 34.3 Å². The Labute approximate surface area is 134 Å². The molecule has 2 aromatic carbocycles. The van der Waals surface area contributed by atoms with Gasteiger partial charge in [0.15, 0.2) is 5.52 Å². The van der Waals surface area contributed by atoms with E-state index >= 15 is 0 Å². The molecule has 0 bridgehead atoms. The number of hydrogen-bond donors (Lipinski definition) is 1. The molecule has 0 unspecified atom stereocenters. The van der Waals surface area contributed by atoms with Gasteiger partial charge in [0.2, 0.25) is 0 Å². The summed E-state index contributed by atoms with van der Waals surface area (Å²) in [7, 11) is 1.94. The fourth-order valence-corrected chi connectivity index (χ4v) is 2.10. The molecule has 0 radical (unpaired) electrons. The number of nitrogens with zero attached hydrogens (tertiary/aromatic N) is 3. The largest absolute Gasteiger partial charge is 1.00 e. The van der Waals surface area contributed by atoms with Gasteiger partial charge in [0.05, 0.1) is 13.3 Å². The van der Waals surface area contributed by atoms with Gasteiger partial charge in [0, 0.05) is 0 Å². The monoisotopic (exact) mass is 378 g/mol. The second-order valence-corrected chi connectivity index (χ2v) is 4.37. The van der Waals surface area contributed by atoms with Crippen LogP contribution >= 0.6 is 0 Å². The summed E-state index contributed by atoms with van der Waals surface area (Å²) in [4.78, 5) is 0. The van der Waals surface area contributed by atoms with E-state index in [1.165, 1.54) is 0 Å². The summed E-state index contributed by atoms with van der Waals surface area (Å²) in [6.45, 7) is 0. The first-order chi connectivity index (χ1) is 9.27. The van der Waals surface area contributed by atoms with E-state index in [1.54, 1.807) is 4.68 Å². The van der Waals surface area contributed by atoms with Crippen LogP contribution in [-0.2, 0) is 7.05 Å². The molecular formula is C15H15IN4. The van der Waals surface area contributed by atoms with Crippen molar-refractivity contribution in [3.05, 3.63) is 60.2 Å². The molecule has 0 fully saturated rings. The second-order valence-electron chi connectivity index (χ2n) is 4.37. The minimum atomic E-state index is 0. The van der Waals surface area contributed by atoms with E-state index in [-0.39, 0.29) is 24.0 Å². The molecule has 102 valence electrons. The summed E-state index contributed by atoms with van der Waals surface area (Å²) < 4.78 is 3.68. The van der Waals surface area contributed by atoms with Crippen LogP contribution in [0, 0.1) is 0 Å². The van der Waals surface area contributed by atoms with Crippen LogP contribution in [0.3, 0.4) is 0 Å². The minimum Gasteiger partial charge on any atom is -1.00 e. The Bertz CT molecular complexity index is 747. The third kappa shape index (κ3) is 2.53. The summed E-state index contributed by atoms with van der Waals surface area (Å²) in [5.41, 5.74) is 9.19. The molecule has 0 aliphatic heterocycles. The SMILES string of the molecule is C[n+]1c(N)n(N=Cc2ccccc2)c2ccccc21.[I-]. The van der Waals surface area contributed by atoms with Crippen molar-refractivity contribution in [1.82, 2.24) is 4.68 Å². The highest BCUT2D eigenvalue weighted by molar-refractivity contribution is 5.81. The first-order valence-corrected chi connectivity index (χ1v) is 6.12. The Morgan fingerprint density at radius 3 is 2.45 bits per heavy atom. The van der Waals surface area contributed by atoms with Gasteiger partial charge < -0.3 is 24.0 Å². The van der Waals surface area contributed by atoms with Crippen LogP contribution in [-0.4, -0.2) is 10.9 Å². The van der Waals surface area contributed by atoms with E-state index in [2.05, 4.69) is 5.10 Å². The number of aryl methyl sites for hydroxylation is 1. The number of nitrogens with two attached hydrogens (primary N) is 1. The maximum atomic E-state index is 6.09. The van der Waals surface area contributed by atoms with Gasteiger partial charge in [-0.1, -0.05) is 42.5 Å². The third-order valence-corrected chi connectivity index (χ3v) is 3.15. The number of nitrogen functional groups attached to an aromatic ring is 1. The normalized spacial score (nSPS) is 10.8. The lowest BCUT2D eigenvalue weighted by Crippen LogP contribution is -3.00. The van der Waals surface area contributed by atoms with Gasteiger partial charge in [-0.05, 0) is 17.7 Å². The van der Waals surface area contributed by atoms with Gasteiger partial charge in [0.1, 0.15) is 5.52 Å². The highest BCUT2D eigenvalue weighted by Gasteiger charge is 2.16. The standard InChI is InChI=1S/C15H14N4.HI/c1-18-13-9-5-6-10-14(13)19(15(18)16)17-11-12-7-3-2-4-8-12;/h2-11,16H,1H3;1H. The lowest BCUT2D eigenvalue weighted by atomic mass is 10.2. The molecular weight excluding hydrogens is 363 g/mol. The number of imidazole rings is 1. The molecule has 2 N–H and O–H groups in total. The Hall–Kier alpha value is -1.89. The van der Waals surface area contributed by atoms with E-state index < -0.39 is 0 Å². The van der Waals surface area contributed by atoms with Gasteiger partial charge in [-0.25, -0.2) is 4.57 Å². The maximum Gasteiger partial charge on any atom is 0.380 e. The van der Waals surface area contributed by atoms with E-state index in [0.717, 1.165) is 16.6 Å². The zero-order valence-corrected chi connectivity index (χ0v) is 13.2. The van der Waals surface area contributed by atoms with Crippen molar-refractivity contribution in [2.24, 2.45) is 12.1 Å². The lowest BCUT2D eigenvalue weighted by molar-refractivity contribution is -0.630. The molecule has 5 heteroatoms. The van der Waals surface area contributed by atoms with E-state index in [0.29, 0.717) is 5.95 Å². The van der Waals surface area contributed by atoms with Gasteiger partial charge in [-0.15, -0.1) is 9.78 Å². The van der Waals surface area contributed by atoms with Crippen LogP contribution in [0.4, 0.5) is 5.95 Å². The van der Waals surface area contributed by atoms with Crippen molar-refractivity contribution in [1.29, 1.82) is 0 Å². The van der Waals surface area contributed by atoms with Crippen molar-refractivity contribution in [2.45, 2.75) is 0 Å². The highest BCUT2D eigenvalue weighted by Crippen LogP contribution is 2.14. The van der Waals surface area contributed by atoms with Gasteiger partial charge in [0.25, 0.3) is 0 Å². The van der Waals surface area contributed by atoms with Crippen molar-refractivity contribution < 1.29 is 28.5 Å². The number of benzene rings is 2. The predicted octanol–water partition coefficient (Wildman–Crippen LogP) is -1.07. The first-order valence-electron chi connectivity index (χ1n) is 6.12. The Morgan fingerprint density at radius 2 is 1.70 bits per heavy atom. The van der Waals surface area contributed by atoms with Gasteiger partial charge in [-0.2, -0.15) is 0 Å². The van der Waals surface area contributed by atoms with Crippen molar-refractivity contribution in [3.8, 4) is 0 Å². The number of fused-ring (bicyclic) bond motifs is 1. The molecule has 3 aromatic rings. The third-order valence-electron chi connectivity index (χ3n) is 3.15. The molecule has 4 nitrogen and oxygen atoms in total. The van der Waals surface area contributed by atoms with Gasteiger partial charge >= 0.3 is 5.95 Å². The molecule has 0 amide bonds. The zero-order valence-electron chi connectivity index (χ0n) is 11.1. The zero-order chi connectivity index (χ0) is 13.2. The number of aromatic nitrogens is 2. The number of para-hydroxylation sites is 2. The average molecular weight is 378 g/mol. The van der Waals surface area contributed by atoms with Crippen LogP contribution in [0.15, 0.2) is 59.7 Å². The summed E-state index contributed by atoms with van der Waals surface area (Å²) in [5.74, 6) is 0.605. The van der Waals surface area contributed by atoms with Crippen LogP contribution in [0.5, 0.6) is 0 Å². The number of hydrogen-bond acceptors (Lipinski definition) is 2. The smallest absolute Gasteiger partial charge is 0.380 e. The molecule has 0 aliphatic carbocycles. The van der Waals surface area contributed by atoms with Gasteiger partial charge in [-0.3, -0.25) is 5.73 Å². The predicted molar refractivity (Wildman–Crippen MR) is 77.0 cm³/mol. The summed E-state index contributed by atoms with van der Waals surface area (Å²) in [6.07, 6.45) is 1.81. The van der Waals surface area contributed by atoms with Crippen LogP contribution in [0.25, 0.3) is 11.0 Å². The topological polar surface area (TPSA) is 47.2 Å². The number of rotatable bonds is 2. The molecule has 1 aromatic heterocycles. The van der Waals surface area contributed by atoms with Crippen molar-refractivity contribution >= 4 is 23.2 Å². The Balaban J connectivity index is 0.00000147. The highest BCUT2D eigenvalue weighted by atomic mass is 127. The van der Waals surface area contributed by atoms with Crippen LogP contribution in [0.2, 0.25) is 0 Å². The first kappa shape index (κ1) is 14.5. The second kappa shape index (κ2) is 6.04. The summed E-state index contributed by atoms with van der Waals surface area (Å²) in [6, 6.07) is 18.0. The minimum absolute atomic E-state index is 0. The molecule has 0 aliphatic rings. The van der Waals surface area contributed by atoms with E-state index in [1.807, 2.05) is 72.4 Å². The Morgan fingerprint density at radius 1 is 1.05 bits per heavy atom. The summed E-state index contributed by atoms with van der Waals surface area (Å²) >= 11 is 0. The molecule has 3 rings (SSSR count). The maximum absolute atomic E-state index is 6.09. The summed E-state index contributed by atoms with van der Waals surface area (Å²) in [5, 5.41) is 4.47. The van der Waals surface area contributed by atoms with Crippen molar-refractivity contribution in [2.75, 3.05) is 5.73 Å². The lowest BCUT2D eigenvalue weighted by Gasteiger charge is -1.92. The quantitative estimate of drug-likeness (QED) is 0.345. The molecule has 20 heavy (non-hydrogen) atoms. The van der Waals surface area contributed by atoms with Crippen LogP contribution in [0.1, 0.15) is 5.56 Å². The van der Waals surface area contributed by atoms with Crippen molar-refractivity contribution in [3.63, 3.8) is 0 Å². The molecule has 0 saturated heterocycles. The molecule has 0 spiro atoms. The molecule has 0 atom stereocenters. The van der Waals surface area contributed by atoms with E-state index in [9.17, 15) is 0 Å². The molecule has 1 heterocycles. The average Bonchev–Trinajstić information content (AvgIpc) is 2.71. The Kier molecular flexibility index (Phi) is 4.39. The fraction of sp³-hybridized carbons (Fsp3) is 0.0667. The number of anilines is 1. The molecule has 0 saturated carbocycles. The van der Waals surface area contributed by atoms with E-state index in [4.69, 9.17) is 5.73 Å².